The molecular formula is C43H30F3GeIrN3O-2. The Hall–Kier alpha value is -5.02. The minimum Gasteiger partial charge on any atom is 0 e. The summed E-state index contributed by atoms with van der Waals surface area (Å²) in [5.74, 6) is 5.20. The number of imidazole rings is 1. The summed E-state index contributed by atoms with van der Waals surface area (Å²) >= 11 is -1.72. The smallest absolute Gasteiger partial charge is 0 e. The van der Waals surface area contributed by atoms with Gasteiger partial charge in [0.2, 0.25) is 0 Å². The normalized spacial score (nSPS) is 11.5. The van der Waals surface area contributed by atoms with Gasteiger partial charge >= 0.3 is 99.8 Å². The number of furan rings is 1. The van der Waals surface area contributed by atoms with Gasteiger partial charge < -0.3 is 8.98 Å². The summed E-state index contributed by atoms with van der Waals surface area (Å²) < 4.78 is 52.6. The Balaban J connectivity index is 0.000000209. The van der Waals surface area contributed by atoms with Crippen LogP contribution in [0.1, 0.15) is 0 Å². The molecule has 0 fully saturated rings. The molecule has 0 atom stereocenters. The maximum Gasteiger partial charge on any atom is 0 e. The number of nitrogens with zero attached hydrogens (tertiary/aromatic N) is 3. The van der Waals surface area contributed by atoms with E-state index in [1.807, 2.05) is 102 Å². The topological polar surface area (TPSA) is 43.9 Å². The van der Waals surface area contributed by atoms with Crippen LogP contribution in [0.15, 0.2) is 132 Å². The van der Waals surface area contributed by atoms with Crippen LogP contribution in [0.3, 0.4) is 0 Å². The molecule has 0 saturated carbocycles. The zero-order valence-corrected chi connectivity index (χ0v) is 32.8. The average molecular weight is 927 g/mol. The van der Waals surface area contributed by atoms with Gasteiger partial charge in [0.15, 0.2) is 11.4 Å². The summed E-state index contributed by atoms with van der Waals surface area (Å²) in [5.41, 5.74) is 4.66. The van der Waals surface area contributed by atoms with E-state index in [0.29, 0.717) is 11.4 Å². The minimum absolute atomic E-state index is 0. The first-order valence-corrected chi connectivity index (χ1v) is 23.8. The molecule has 9 aromatic rings. The van der Waals surface area contributed by atoms with Crippen molar-refractivity contribution in [2.45, 2.75) is 17.3 Å². The number of para-hydroxylation sites is 2. The van der Waals surface area contributed by atoms with Crippen LogP contribution in [0.4, 0.5) is 13.2 Å². The van der Waals surface area contributed by atoms with Crippen molar-refractivity contribution in [3.8, 4) is 28.3 Å². The SMILES string of the molecule is Fc1cc(F)c2oc3c(-c4nc5ccccc5n4-c4ccc5ccccc5c4)[c-]cc(F)c3c2c1.[CH3][Ge]([CH3])([CH3])[c]1ccc(-c2[c-]cccc2)nc1.[Ir]. The fourth-order valence-corrected chi connectivity index (χ4v) is 8.47. The third-order valence-corrected chi connectivity index (χ3v) is 13.2. The third-order valence-electron chi connectivity index (χ3n) is 8.91. The van der Waals surface area contributed by atoms with Crippen LogP contribution in [-0.2, 0) is 20.1 Å². The van der Waals surface area contributed by atoms with Gasteiger partial charge in [0.05, 0.1) is 22.4 Å². The van der Waals surface area contributed by atoms with Crippen molar-refractivity contribution in [1.29, 1.82) is 0 Å². The largest absolute Gasteiger partial charge is 0 e. The fourth-order valence-electron chi connectivity index (χ4n) is 6.30. The molecule has 0 spiro atoms. The Labute approximate surface area is 314 Å². The molecule has 0 saturated heterocycles. The summed E-state index contributed by atoms with van der Waals surface area (Å²) in [7, 11) is 0. The zero-order valence-electron chi connectivity index (χ0n) is 28.3. The Bertz CT molecular complexity index is 2720. The van der Waals surface area contributed by atoms with E-state index in [9.17, 15) is 13.2 Å². The van der Waals surface area contributed by atoms with Gasteiger partial charge in [-0.2, -0.15) is 0 Å². The number of halogens is 3. The van der Waals surface area contributed by atoms with Gasteiger partial charge in [0, 0.05) is 43.1 Å². The molecule has 3 heterocycles. The second-order valence-electron chi connectivity index (χ2n) is 13.3. The Kier molecular flexibility index (Phi) is 9.65. The van der Waals surface area contributed by atoms with E-state index in [2.05, 4.69) is 46.5 Å². The molecule has 3 aromatic heterocycles. The van der Waals surface area contributed by atoms with Crippen LogP contribution >= 0.6 is 0 Å². The molecule has 6 aromatic carbocycles. The first-order valence-electron chi connectivity index (χ1n) is 16.5. The van der Waals surface area contributed by atoms with Crippen LogP contribution in [-0.4, -0.2) is 27.8 Å². The molecule has 1 radical (unpaired) electrons. The Morgan fingerprint density at radius 3 is 2.25 bits per heavy atom. The third kappa shape index (κ3) is 6.58. The molecule has 52 heavy (non-hydrogen) atoms. The van der Waals surface area contributed by atoms with Crippen molar-refractivity contribution in [3.05, 3.63) is 157 Å². The number of hydrogen-bond acceptors (Lipinski definition) is 3. The monoisotopic (exact) mass is 928 g/mol. The van der Waals surface area contributed by atoms with Gasteiger partial charge in [-0.05, 0) is 46.5 Å². The molecule has 9 heteroatoms. The van der Waals surface area contributed by atoms with E-state index in [1.165, 1.54) is 4.40 Å². The van der Waals surface area contributed by atoms with E-state index in [4.69, 9.17) is 9.40 Å². The molecule has 0 bridgehead atoms. The van der Waals surface area contributed by atoms with Gasteiger partial charge in [0.25, 0.3) is 0 Å². The van der Waals surface area contributed by atoms with Crippen LogP contribution in [0.5, 0.6) is 0 Å². The van der Waals surface area contributed by atoms with Crippen LogP contribution in [0, 0.1) is 29.6 Å². The van der Waals surface area contributed by atoms with Crippen molar-refractivity contribution in [1.82, 2.24) is 14.5 Å². The number of benzene rings is 6. The van der Waals surface area contributed by atoms with Crippen molar-refractivity contribution < 1.29 is 37.7 Å². The number of pyridine rings is 1. The van der Waals surface area contributed by atoms with Gasteiger partial charge in [0.1, 0.15) is 5.82 Å². The summed E-state index contributed by atoms with van der Waals surface area (Å²) in [4.78, 5) is 9.34. The van der Waals surface area contributed by atoms with E-state index in [0.717, 1.165) is 56.9 Å². The maximum absolute atomic E-state index is 14.9. The summed E-state index contributed by atoms with van der Waals surface area (Å²) in [6.07, 6.45) is 2.04. The quantitative estimate of drug-likeness (QED) is 0.130. The van der Waals surface area contributed by atoms with E-state index < -0.39 is 30.7 Å². The molecule has 4 nitrogen and oxygen atoms in total. The number of hydrogen-bond donors (Lipinski definition) is 0. The maximum atomic E-state index is 14.9. The van der Waals surface area contributed by atoms with Crippen molar-refractivity contribution in [2.24, 2.45) is 0 Å². The molecule has 0 aliphatic heterocycles. The van der Waals surface area contributed by atoms with Crippen LogP contribution in [0.2, 0.25) is 17.3 Å². The fraction of sp³-hybridized carbons (Fsp3) is 0.0698. The summed E-state index contributed by atoms with van der Waals surface area (Å²) in [5, 5.41) is 2.15. The molecule has 259 valence electrons. The summed E-state index contributed by atoms with van der Waals surface area (Å²) in [6, 6.07) is 43.0. The first-order chi connectivity index (χ1) is 24.7. The second-order valence-corrected chi connectivity index (χ2v) is 24.0. The standard InChI is InChI=1S/C29H14F3N2O.C14H16GeN.Ir/c30-18-14-21-26-22(31)12-11-20(28(26)35-27(21)23(32)15-18)29-33-24-7-3-4-8-25(24)34(29)19-10-9-16-5-1-2-6-17(16)13-19;1-15(2,3)13-9-10-14(16-11-13)12-7-5-4-6-8-12;/h1-10,12-15H;4-7,9-11H,1-3H3;/q2*-1;. The molecule has 0 unspecified atom stereocenters. The van der Waals surface area contributed by atoms with E-state index in [1.54, 1.807) is 0 Å². The Morgan fingerprint density at radius 2 is 1.50 bits per heavy atom. The van der Waals surface area contributed by atoms with Crippen LogP contribution < -0.4 is 4.40 Å². The summed E-state index contributed by atoms with van der Waals surface area (Å²) in [6.45, 7) is 0. The van der Waals surface area contributed by atoms with Crippen LogP contribution in [0.25, 0.3) is 72.1 Å². The van der Waals surface area contributed by atoms with Gasteiger partial charge in [-0.3, -0.25) is 9.37 Å². The molecule has 9 rings (SSSR count). The predicted octanol–water partition coefficient (Wildman–Crippen LogP) is 11.1. The second kappa shape index (κ2) is 14.2. The minimum atomic E-state index is -1.72. The number of fused-ring (bicyclic) bond motifs is 5. The molecule has 0 aliphatic rings. The van der Waals surface area contributed by atoms with Gasteiger partial charge in [-0.15, -0.1) is 12.1 Å². The molecule has 0 aliphatic carbocycles. The van der Waals surface area contributed by atoms with Gasteiger partial charge in [-0.25, -0.2) is 8.78 Å². The van der Waals surface area contributed by atoms with Crippen molar-refractivity contribution in [3.63, 3.8) is 0 Å². The zero-order chi connectivity index (χ0) is 35.3. The number of aromatic nitrogens is 3. The predicted molar refractivity (Wildman–Crippen MR) is 201 cm³/mol. The molecule has 0 amide bonds. The van der Waals surface area contributed by atoms with E-state index in [-0.39, 0.29) is 42.0 Å². The molecular weight excluding hydrogens is 896 g/mol. The van der Waals surface area contributed by atoms with Crippen molar-refractivity contribution in [2.75, 3.05) is 0 Å². The van der Waals surface area contributed by atoms with Crippen molar-refractivity contribution >= 4 is 61.4 Å². The first kappa shape index (κ1) is 35.4. The Morgan fingerprint density at radius 1 is 0.731 bits per heavy atom. The van der Waals surface area contributed by atoms with Gasteiger partial charge in [-0.1, -0.05) is 48.0 Å². The van der Waals surface area contributed by atoms with E-state index >= 15 is 0 Å². The number of rotatable bonds is 4. The molecule has 0 N–H and O–H groups in total. The average Bonchev–Trinajstić information content (AvgIpc) is 3.72.